The maximum atomic E-state index is 12.8. The molecule has 0 radical (unpaired) electrons. The van der Waals surface area contributed by atoms with Crippen LogP contribution in [0.1, 0.15) is 5.56 Å². The number of carbonyl (C=O) groups is 1. The van der Waals surface area contributed by atoms with E-state index in [1.54, 1.807) is 24.2 Å². The van der Waals surface area contributed by atoms with Gasteiger partial charge in [0.25, 0.3) is 5.91 Å². The van der Waals surface area contributed by atoms with E-state index in [0.29, 0.717) is 54.9 Å². The second kappa shape index (κ2) is 8.77. The normalized spacial score (nSPS) is 17.0. The molecular formula is C23H26N2O5. The molecule has 2 aromatic carbocycles. The van der Waals surface area contributed by atoms with Gasteiger partial charge in [-0.1, -0.05) is 17.7 Å². The number of amides is 1. The summed E-state index contributed by atoms with van der Waals surface area (Å²) in [4.78, 5) is 16.6. The Morgan fingerprint density at radius 2 is 1.87 bits per heavy atom. The van der Waals surface area contributed by atoms with Crippen molar-refractivity contribution in [3.05, 3.63) is 59.9 Å². The van der Waals surface area contributed by atoms with Gasteiger partial charge in [0.1, 0.15) is 12.4 Å². The van der Waals surface area contributed by atoms with E-state index < -0.39 is 0 Å². The van der Waals surface area contributed by atoms with E-state index in [2.05, 4.69) is 4.90 Å². The van der Waals surface area contributed by atoms with Crippen LogP contribution in [0, 0.1) is 6.92 Å². The van der Waals surface area contributed by atoms with Crippen molar-refractivity contribution >= 4 is 11.6 Å². The molecule has 0 unspecified atom stereocenters. The highest BCUT2D eigenvalue weighted by Crippen LogP contribution is 2.33. The molecule has 2 heterocycles. The Balaban J connectivity index is 1.37. The average molecular weight is 410 g/mol. The molecule has 7 heteroatoms. The number of hydrogen-bond donors (Lipinski definition) is 1. The van der Waals surface area contributed by atoms with Crippen molar-refractivity contribution < 1.29 is 24.1 Å². The van der Waals surface area contributed by atoms with Crippen LogP contribution in [0.3, 0.4) is 0 Å². The Morgan fingerprint density at radius 1 is 1.10 bits per heavy atom. The molecule has 0 bridgehead atoms. The lowest BCUT2D eigenvalue weighted by Crippen LogP contribution is -2.51. The second-order valence-corrected chi connectivity index (χ2v) is 7.50. The average Bonchev–Trinajstić information content (AvgIpc) is 3.08. The zero-order valence-corrected chi connectivity index (χ0v) is 17.2. The number of rotatable bonds is 8. The Labute approximate surface area is 176 Å². The first-order chi connectivity index (χ1) is 14.5. The van der Waals surface area contributed by atoms with Crippen molar-refractivity contribution in [3.63, 3.8) is 0 Å². The fraction of sp³-hybridized carbons (Fsp3) is 0.348. The zero-order chi connectivity index (χ0) is 21.1. The van der Waals surface area contributed by atoms with E-state index in [4.69, 9.17) is 14.2 Å². The first-order valence-electron chi connectivity index (χ1n) is 10.0. The molecule has 7 nitrogen and oxygen atoms in total. The van der Waals surface area contributed by atoms with Crippen molar-refractivity contribution in [1.82, 2.24) is 4.90 Å². The molecule has 1 N–H and O–H groups in total. The predicted molar refractivity (Wildman–Crippen MR) is 113 cm³/mol. The van der Waals surface area contributed by atoms with Gasteiger partial charge < -0.3 is 24.2 Å². The van der Waals surface area contributed by atoms with E-state index in [1.807, 2.05) is 43.3 Å². The number of likely N-dealkylation sites (tertiary alicyclic amines) is 1. The predicted octanol–water partition coefficient (Wildman–Crippen LogP) is 2.37. The van der Waals surface area contributed by atoms with Crippen LogP contribution in [0.2, 0.25) is 0 Å². The van der Waals surface area contributed by atoms with Gasteiger partial charge in [-0.05, 0) is 37.3 Å². The highest BCUT2D eigenvalue weighted by atomic mass is 16.5. The number of β-amino-alcohol motifs (C(OH)–C–C–N with tert-alkyl or cyclic N) is 1. The monoisotopic (exact) mass is 410 g/mol. The number of hydrogen-bond acceptors (Lipinski definition) is 6. The van der Waals surface area contributed by atoms with Crippen LogP contribution in [-0.2, 0) is 4.79 Å². The van der Waals surface area contributed by atoms with Crippen LogP contribution in [0.25, 0.3) is 0 Å². The molecular weight excluding hydrogens is 384 g/mol. The van der Waals surface area contributed by atoms with Crippen LogP contribution in [0.4, 0.5) is 5.69 Å². The molecule has 2 aliphatic rings. The number of carbonyl (C=O) groups excluding carboxylic acids is 1. The zero-order valence-electron chi connectivity index (χ0n) is 17.2. The second-order valence-electron chi connectivity index (χ2n) is 7.50. The van der Waals surface area contributed by atoms with Gasteiger partial charge in [0.2, 0.25) is 0 Å². The number of benzene rings is 2. The lowest BCUT2D eigenvalue weighted by atomic mass is 10.2. The van der Waals surface area contributed by atoms with Crippen LogP contribution in [-0.4, -0.2) is 61.9 Å². The van der Waals surface area contributed by atoms with Gasteiger partial charge >= 0.3 is 0 Å². The highest BCUT2D eigenvalue weighted by molar-refractivity contribution is 6.07. The minimum absolute atomic E-state index is 0.192. The quantitative estimate of drug-likeness (QED) is 0.721. The number of aliphatic hydroxyl groups is 1. The third-order valence-corrected chi connectivity index (χ3v) is 5.23. The van der Waals surface area contributed by atoms with Crippen LogP contribution in [0.5, 0.6) is 17.2 Å². The largest absolute Gasteiger partial charge is 0.493 e. The number of aryl methyl sites for hydroxylation is 1. The summed E-state index contributed by atoms with van der Waals surface area (Å²) in [5, 5.41) is 9.34. The van der Waals surface area contributed by atoms with Gasteiger partial charge in [0.05, 0.1) is 13.2 Å². The van der Waals surface area contributed by atoms with E-state index in [9.17, 15) is 9.90 Å². The summed E-state index contributed by atoms with van der Waals surface area (Å²) >= 11 is 0. The summed E-state index contributed by atoms with van der Waals surface area (Å²) in [5.74, 6) is 1.95. The van der Waals surface area contributed by atoms with Crippen molar-refractivity contribution in [1.29, 1.82) is 0 Å². The van der Waals surface area contributed by atoms with Gasteiger partial charge in [0, 0.05) is 37.9 Å². The van der Waals surface area contributed by atoms with E-state index in [0.717, 1.165) is 12.1 Å². The molecule has 1 fully saturated rings. The molecule has 4 rings (SSSR count). The summed E-state index contributed by atoms with van der Waals surface area (Å²) in [7, 11) is 1.58. The Kier molecular flexibility index (Phi) is 5.92. The summed E-state index contributed by atoms with van der Waals surface area (Å²) < 4.78 is 17.1. The maximum absolute atomic E-state index is 12.8. The third kappa shape index (κ3) is 4.42. The minimum atomic E-state index is -0.217. The SMILES string of the molecule is COc1cc(N2CC=C(Oc3ccc(C)cc3)C2=O)ccc1OCCN1CC(O)C1. The Morgan fingerprint density at radius 3 is 2.57 bits per heavy atom. The molecule has 1 saturated heterocycles. The molecule has 30 heavy (non-hydrogen) atoms. The van der Waals surface area contributed by atoms with Crippen LogP contribution >= 0.6 is 0 Å². The van der Waals surface area contributed by atoms with Crippen LogP contribution in [0.15, 0.2) is 54.3 Å². The first-order valence-corrected chi connectivity index (χ1v) is 10.0. The summed E-state index contributed by atoms with van der Waals surface area (Å²) in [5.41, 5.74) is 1.85. The first kappa shape index (κ1) is 20.3. The molecule has 158 valence electrons. The summed E-state index contributed by atoms with van der Waals surface area (Å²) in [6.07, 6.45) is 1.56. The molecule has 0 aliphatic carbocycles. The van der Waals surface area contributed by atoms with Gasteiger partial charge in [-0.2, -0.15) is 0 Å². The third-order valence-electron chi connectivity index (χ3n) is 5.23. The Bertz CT molecular complexity index is 935. The number of ether oxygens (including phenoxy) is 3. The fourth-order valence-electron chi connectivity index (χ4n) is 3.47. The number of nitrogens with zero attached hydrogens (tertiary/aromatic N) is 2. The van der Waals surface area contributed by atoms with Crippen molar-refractivity contribution in [2.75, 3.05) is 44.8 Å². The van der Waals surface area contributed by atoms with E-state index in [-0.39, 0.29) is 12.0 Å². The maximum Gasteiger partial charge on any atom is 0.294 e. The van der Waals surface area contributed by atoms with E-state index >= 15 is 0 Å². The molecule has 1 amide bonds. The highest BCUT2D eigenvalue weighted by Gasteiger charge is 2.28. The molecule has 2 aromatic rings. The number of anilines is 1. The van der Waals surface area contributed by atoms with E-state index in [1.165, 1.54) is 0 Å². The lowest BCUT2D eigenvalue weighted by Gasteiger charge is -2.35. The number of aliphatic hydroxyl groups excluding tert-OH is 1. The smallest absolute Gasteiger partial charge is 0.294 e. The molecule has 0 spiro atoms. The van der Waals surface area contributed by atoms with Gasteiger partial charge in [-0.15, -0.1) is 0 Å². The van der Waals surface area contributed by atoms with Gasteiger partial charge in [-0.3, -0.25) is 9.69 Å². The van der Waals surface area contributed by atoms with Gasteiger partial charge in [-0.25, -0.2) is 0 Å². The van der Waals surface area contributed by atoms with Crippen molar-refractivity contribution in [2.24, 2.45) is 0 Å². The lowest BCUT2D eigenvalue weighted by molar-refractivity contribution is -0.116. The minimum Gasteiger partial charge on any atom is -0.493 e. The summed E-state index contributed by atoms with van der Waals surface area (Å²) in [6.45, 7) is 5.06. The topological polar surface area (TPSA) is 71.5 Å². The molecule has 0 atom stereocenters. The molecule has 2 aliphatic heterocycles. The Hall–Kier alpha value is -3.03. The van der Waals surface area contributed by atoms with Gasteiger partial charge in [0.15, 0.2) is 17.3 Å². The summed E-state index contributed by atoms with van der Waals surface area (Å²) in [6, 6.07) is 13.0. The standard InChI is InChI=1S/C23H26N2O5/c1-16-3-6-19(7-4-16)30-21-9-10-25(23(21)27)17-5-8-20(22(13-17)28-2)29-12-11-24-14-18(26)15-24/h3-9,13,18,26H,10-12,14-15H2,1-2H3. The number of methoxy groups -OCH3 is 1. The molecule has 0 aromatic heterocycles. The van der Waals surface area contributed by atoms with Crippen molar-refractivity contribution in [3.8, 4) is 17.2 Å². The fourth-order valence-corrected chi connectivity index (χ4v) is 3.47. The molecule has 0 saturated carbocycles. The van der Waals surface area contributed by atoms with Crippen LogP contribution < -0.4 is 19.1 Å². The van der Waals surface area contributed by atoms with Crippen molar-refractivity contribution in [2.45, 2.75) is 13.0 Å².